The van der Waals surface area contributed by atoms with Gasteiger partial charge >= 0.3 is 5.97 Å². The van der Waals surface area contributed by atoms with Crippen molar-refractivity contribution >= 4 is 5.97 Å². The number of hydrogen-bond donors (Lipinski definition) is 2. The number of aromatic nitrogens is 2. The summed E-state index contributed by atoms with van der Waals surface area (Å²) in [5.74, 6) is -0.843. The zero-order chi connectivity index (χ0) is 14.0. The van der Waals surface area contributed by atoms with Crippen LogP contribution in [0.5, 0.6) is 0 Å². The number of aromatic amines is 1. The zero-order valence-electron chi connectivity index (χ0n) is 10.7. The molecule has 19 heavy (non-hydrogen) atoms. The number of aryl methyl sites for hydroxylation is 2. The Kier molecular flexibility index (Phi) is 3.46. The number of nitrogens with zero attached hydrogens (tertiary/aromatic N) is 1. The first kappa shape index (κ1) is 13.0. The van der Waals surface area contributed by atoms with Gasteiger partial charge in [0.25, 0.3) is 5.56 Å². The molecule has 0 aliphatic carbocycles. The second-order valence-corrected chi connectivity index (χ2v) is 4.49. The summed E-state index contributed by atoms with van der Waals surface area (Å²) in [6.45, 7) is 3.98. The Balaban J connectivity index is 2.38. The fraction of sp³-hybridized carbons (Fsp3) is 0.214. The van der Waals surface area contributed by atoms with E-state index in [0.717, 1.165) is 22.8 Å². The Bertz CT molecular complexity index is 689. The fourth-order valence-corrected chi connectivity index (χ4v) is 1.93. The highest BCUT2D eigenvalue weighted by molar-refractivity contribution is 5.85. The van der Waals surface area contributed by atoms with Gasteiger partial charge in [-0.2, -0.15) is 0 Å². The molecular formula is C14H14N2O3. The minimum Gasteiger partial charge on any atom is -0.477 e. The summed E-state index contributed by atoms with van der Waals surface area (Å²) in [7, 11) is 0. The predicted molar refractivity (Wildman–Crippen MR) is 70.5 cm³/mol. The van der Waals surface area contributed by atoms with Crippen molar-refractivity contribution in [2.45, 2.75) is 20.3 Å². The molecule has 0 radical (unpaired) electrons. The van der Waals surface area contributed by atoms with Gasteiger partial charge in [-0.05, 0) is 25.0 Å². The summed E-state index contributed by atoms with van der Waals surface area (Å²) in [6, 6.07) is 6.95. The molecule has 5 heteroatoms. The highest BCUT2D eigenvalue weighted by Gasteiger charge is 2.09. The van der Waals surface area contributed by atoms with Crippen LogP contribution in [-0.4, -0.2) is 21.0 Å². The molecular weight excluding hydrogens is 244 g/mol. The molecule has 2 rings (SSSR count). The summed E-state index contributed by atoms with van der Waals surface area (Å²) in [4.78, 5) is 28.7. The second kappa shape index (κ2) is 5.06. The van der Waals surface area contributed by atoms with Crippen LogP contribution < -0.4 is 5.56 Å². The van der Waals surface area contributed by atoms with Gasteiger partial charge in [0.1, 0.15) is 5.82 Å². The predicted octanol–water partition coefficient (Wildman–Crippen LogP) is 1.68. The Labute approximate surface area is 110 Å². The van der Waals surface area contributed by atoms with Gasteiger partial charge in [0.2, 0.25) is 0 Å². The van der Waals surface area contributed by atoms with Gasteiger partial charge in [-0.15, -0.1) is 0 Å². The van der Waals surface area contributed by atoms with Gasteiger partial charge in [-0.1, -0.05) is 23.8 Å². The molecule has 0 bridgehead atoms. The minimum atomic E-state index is -1.20. The molecule has 98 valence electrons. The van der Waals surface area contributed by atoms with Gasteiger partial charge in [-0.25, -0.2) is 9.78 Å². The topological polar surface area (TPSA) is 83.0 Å². The zero-order valence-corrected chi connectivity index (χ0v) is 10.7. The number of carboxylic acids is 1. The van der Waals surface area contributed by atoms with Gasteiger partial charge in [-0.3, -0.25) is 4.79 Å². The SMILES string of the molecule is Cc1ccc(Cc2nc(C(=O)O)cc(=O)[nH]2)c(C)c1. The minimum absolute atomic E-state index is 0.233. The lowest BCUT2D eigenvalue weighted by molar-refractivity contribution is 0.0689. The normalized spacial score (nSPS) is 10.4. The van der Waals surface area contributed by atoms with Crippen molar-refractivity contribution in [2.75, 3.05) is 0 Å². The molecule has 0 spiro atoms. The maximum absolute atomic E-state index is 11.4. The van der Waals surface area contributed by atoms with Crippen LogP contribution in [0.4, 0.5) is 0 Å². The van der Waals surface area contributed by atoms with Crippen LogP contribution in [0, 0.1) is 13.8 Å². The molecule has 2 aromatic rings. The van der Waals surface area contributed by atoms with Crippen LogP contribution in [0.25, 0.3) is 0 Å². The van der Waals surface area contributed by atoms with E-state index in [1.807, 2.05) is 32.0 Å². The number of carboxylic acid groups (broad SMARTS) is 1. The first-order valence-electron chi connectivity index (χ1n) is 5.85. The van der Waals surface area contributed by atoms with E-state index in [-0.39, 0.29) is 5.69 Å². The molecule has 0 unspecified atom stereocenters. The number of rotatable bonds is 3. The van der Waals surface area contributed by atoms with Gasteiger partial charge in [0, 0.05) is 12.5 Å². The fourth-order valence-electron chi connectivity index (χ4n) is 1.93. The lowest BCUT2D eigenvalue weighted by Gasteiger charge is -2.06. The molecule has 5 nitrogen and oxygen atoms in total. The number of hydrogen-bond acceptors (Lipinski definition) is 3. The van der Waals surface area contributed by atoms with Crippen molar-refractivity contribution < 1.29 is 9.90 Å². The monoisotopic (exact) mass is 258 g/mol. The molecule has 0 atom stereocenters. The lowest BCUT2D eigenvalue weighted by atomic mass is 10.0. The standard InChI is InChI=1S/C14H14N2O3/c1-8-3-4-10(9(2)5-8)6-12-15-11(14(18)19)7-13(17)16-12/h3-5,7H,6H2,1-2H3,(H,18,19)(H,15,16,17). The molecule has 0 saturated carbocycles. The van der Waals surface area contributed by atoms with Crippen LogP contribution in [0.2, 0.25) is 0 Å². The molecule has 1 aromatic heterocycles. The smallest absolute Gasteiger partial charge is 0.354 e. The lowest BCUT2D eigenvalue weighted by Crippen LogP contribution is -2.16. The molecule has 1 heterocycles. The Morgan fingerprint density at radius 2 is 2.05 bits per heavy atom. The van der Waals surface area contributed by atoms with E-state index in [9.17, 15) is 9.59 Å². The molecule has 0 aliphatic heterocycles. The summed E-state index contributed by atoms with van der Waals surface area (Å²) in [5, 5.41) is 8.88. The number of aromatic carboxylic acids is 1. The van der Waals surface area contributed by atoms with Crippen molar-refractivity contribution in [3.8, 4) is 0 Å². The van der Waals surface area contributed by atoms with Crippen LogP contribution in [0.15, 0.2) is 29.1 Å². The third-order valence-corrected chi connectivity index (χ3v) is 2.87. The largest absolute Gasteiger partial charge is 0.477 e. The Morgan fingerprint density at radius 3 is 2.68 bits per heavy atom. The van der Waals surface area contributed by atoms with Gasteiger partial charge in [0.15, 0.2) is 5.69 Å². The first-order chi connectivity index (χ1) is 8.95. The molecule has 0 saturated heterocycles. The van der Waals surface area contributed by atoms with Crippen molar-refractivity contribution in [1.82, 2.24) is 9.97 Å². The Morgan fingerprint density at radius 1 is 1.32 bits per heavy atom. The van der Waals surface area contributed by atoms with Crippen LogP contribution in [-0.2, 0) is 6.42 Å². The molecule has 0 amide bonds. The van der Waals surface area contributed by atoms with Gasteiger partial charge < -0.3 is 10.1 Å². The van der Waals surface area contributed by atoms with E-state index >= 15 is 0 Å². The third kappa shape index (κ3) is 3.07. The van der Waals surface area contributed by atoms with Crippen LogP contribution >= 0.6 is 0 Å². The summed E-state index contributed by atoms with van der Waals surface area (Å²) >= 11 is 0. The van der Waals surface area contributed by atoms with Crippen molar-refractivity contribution in [3.63, 3.8) is 0 Å². The van der Waals surface area contributed by atoms with Crippen molar-refractivity contribution in [2.24, 2.45) is 0 Å². The van der Waals surface area contributed by atoms with Crippen LogP contribution in [0.3, 0.4) is 0 Å². The van der Waals surface area contributed by atoms with E-state index in [0.29, 0.717) is 12.2 Å². The van der Waals surface area contributed by atoms with E-state index in [1.165, 1.54) is 0 Å². The number of carbonyl (C=O) groups is 1. The van der Waals surface area contributed by atoms with Crippen molar-refractivity contribution in [3.05, 3.63) is 62.8 Å². The first-order valence-corrected chi connectivity index (χ1v) is 5.85. The van der Waals surface area contributed by atoms with E-state index < -0.39 is 11.5 Å². The summed E-state index contributed by atoms with van der Waals surface area (Å²) in [6.07, 6.45) is 0.405. The van der Waals surface area contributed by atoms with E-state index in [4.69, 9.17) is 5.11 Å². The maximum atomic E-state index is 11.4. The number of nitrogens with one attached hydrogen (secondary N) is 1. The Hall–Kier alpha value is -2.43. The third-order valence-electron chi connectivity index (χ3n) is 2.87. The molecule has 2 N–H and O–H groups in total. The highest BCUT2D eigenvalue weighted by Crippen LogP contribution is 2.13. The second-order valence-electron chi connectivity index (χ2n) is 4.49. The van der Waals surface area contributed by atoms with Crippen molar-refractivity contribution in [1.29, 1.82) is 0 Å². The van der Waals surface area contributed by atoms with Crippen LogP contribution in [0.1, 0.15) is 33.0 Å². The number of H-pyrrole nitrogens is 1. The highest BCUT2D eigenvalue weighted by atomic mass is 16.4. The average Bonchev–Trinajstić information content (AvgIpc) is 2.32. The van der Waals surface area contributed by atoms with E-state index in [2.05, 4.69) is 9.97 Å². The average molecular weight is 258 g/mol. The van der Waals surface area contributed by atoms with E-state index in [1.54, 1.807) is 0 Å². The summed E-state index contributed by atoms with van der Waals surface area (Å²) in [5.41, 5.74) is 2.57. The summed E-state index contributed by atoms with van der Waals surface area (Å²) < 4.78 is 0. The molecule has 0 aliphatic rings. The van der Waals surface area contributed by atoms with Gasteiger partial charge in [0.05, 0.1) is 0 Å². The maximum Gasteiger partial charge on any atom is 0.354 e. The molecule has 1 aromatic carbocycles. The quantitative estimate of drug-likeness (QED) is 0.877. The number of benzene rings is 1. The molecule has 0 fully saturated rings.